The number of nitrogens with two attached hydrogens (primary N) is 1. The number of nitrogens with zero attached hydrogens (tertiary/aromatic N) is 3. The molecule has 1 saturated heterocycles. The van der Waals surface area contributed by atoms with Gasteiger partial charge in [0.2, 0.25) is 5.88 Å². The largest absolute Gasteiger partial charge is 0.471 e. The lowest BCUT2D eigenvalue weighted by Gasteiger charge is -2.30. The second kappa shape index (κ2) is 6.57. The zero-order valence-corrected chi connectivity index (χ0v) is 12.2. The predicted octanol–water partition coefficient (Wildman–Crippen LogP) is 0.747. The van der Waals surface area contributed by atoms with E-state index in [0.29, 0.717) is 25.6 Å². The van der Waals surface area contributed by atoms with Crippen LogP contribution in [0, 0.1) is 6.07 Å². The van der Waals surface area contributed by atoms with Gasteiger partial charge < -0.3 is 15.4 Å². The minimum Gasteiger partial charge on any atom is -0.471 e. The normalized spacial score (nSPS) is 18.2. The molecule has 3 rings (SSSR count). The van der Waals surface area contributed by atoms with Crippen molar-refractivity contribution >= 4 is 5.91 Å². The summed E-state index contributed by atoms with van der Waals surface area (Å²) in [6.45, 7) is 1.56. The third-order valence-electron chi connectivity index (χ3n) is 3.54. The number of rotatable bonds is 4. The van der Waals surface area contributed by atoms with Crippen molar-refractivity contribution in [2.24, 2.45) is 5.73 Å². The van der Waals surface area contributed by atoms with Gasteiger partial charge in [-0.3, -0.25) is 9.78 Å². The third kappa shape index (κ3) is 3.43. The van der Waals surface area contributed by atoms with Crippen molar-refractivity contribution < 1.29 is 9.53 Å². The number of hydrogen-bond donors (Lipinski definition) is 2. The fraction of sp³-hybridized carbons (Fsp3) is 0.400. The van der Waals surface area contributed by atoms with Crippen LogP contribution in [0.1, 0.15) is 29.0 Å². The Kier molecular flexibility index (Phi) is 4.34. The van der Waals surface area contributed by atoms with E-state index >= 15 is 0 Å². The van der Waals surface area contributed by atoms with Crippen molar-refractivity contribution in [3.63, 3.8) is 0 Å². The summed E-state index contributed by atoms with van der Waals surface area (Å²) in [4.78, 5) is 18.2. The number of aromatic nitrogens is 3. The first-order valence-corrected chi connectivity index (χ1v) is 7.27. The summed E-state index contributed by atoms with van der Waals surface area (Å²) in [7, 11) is 0. The quantitative estimate of drug-likeness (QED) is 0.868. The van der Waals surface area contributed by atoms with Gasteiger partial charge in [0.15, 0.2) is 5.69 Å². The second-order valence-electron chi connectivity index (χ2n) is 5.29. The Hall–Kier alpha value is -2.41. The molecule has 1 aliphatic rings. The fourth-order valence-electron chi connectivity index (χ4n) is 2.41. The van der Waals surface area contributed by atoms with Gasteiger partial charge in [-0.1, -0.05) is 6.07 Å². The maximum Gasteiger partial charge on any atom is 0.275 e. The maximum absolute atomic E-state index is 12.3. The van der Waals surface area contributed by atoms with E-state index in [9.17, 15) is 4.79 Å². The van der Waals surface area contributed by atoms with Gasteiger partial charge in [-0.15, -0.1) is 0 Å². The van der Waals surface area contributed by atoms with Crippen LogP contribution in [0.5, 0.6) is 5.88 Å². The van der Waals surface area contributed by atoms with E-state index in [4.69, 9.17) is 10.5 Å². The number of H-pyrrole nitrogens is 1. The van der Waals surface area contributed by atoms with Gasteiger partial charge in [-0.2, -0.15) is 5.10 Å². The summed E-state index contributed by atoms with van der Waals surface area (Å²) in [5.74, 6) is 0.161. The Morgan fingerprint density at radius 3 is 3.23 bits per heavy atom. The van der Waals surface area contributed by atoms with Gasteiger partial charge >= 0.3 is 0 Å². The number of hydrogen-bond acceptors (Lipinski definition) is 5. The highest BCUT2D eigenvalue weighted by Crippen LogP contribution is 2.14. The number of piperidine rings is 1. The number of carbonyl (C=O) groups excluding carboxylic acids is 1. The molecule has 1 amide bonds. The summed E-state index contributed by atoms with van der Waals surface area (Å²) in [6.07, 6.45) is 3.57. The Morgan fingerprint density at radius 2 is 2.45 bits per heavy atom. The molecule has 2 aromatic heterocycles. The van der Waals surface area contributed by atoms with Crippen LogP contribution in [0.4, 0.5) is 0 Å². The summed E-state index contributed by atoms with van der Waals surface area (Å²) >= 11 is 0. The van der Waals surface area contributed by atoms with Crippen LogP contribution >= 0.6 is 0 Å². The van der Waals surface area contributed by atoms with Crippen LogP contribution in [0.3, 0.4) is 0 Å². The molecule has 22 heavy (non-hydrogen) atoms. The monoisotopic (exact) mass is 300 g/mol. The average Bonchev–Trinajstić information content (AvgIpc) is 3.02. The van der Waals surface area contributed by atoms with Gasteiger partial charge in [-0.05, 0) is 25.0 Å². The number of pyridine rings is 1. The molecule has 0 aliphatic carbocycles. The van der Waals surface area contributed by atoms with Crippen molar-refractivity contribution in [1.82, 2.24) is 20.1 Å². The van der Waals surface area contributed by atoms with E-state index in [-0.39, 0.29) is 17.6 Å². The zero-order chi connectivity index (χ0) is 15.4. The molecule has 7 heteroatoms. The van der Waals surface area contributed by atoms with Crippen molar-refractivity contribution in [3.8, 4) is 5.88 Å². The van der Waals surface area contributed by atoms with E-state index < -0.39 is 0 Å². The van der Waals surface area contributed by atoms with E-state index in [2.05, 4.69) is 21.2 Å². The molecule has 1 atom stereocenters. The van der Waals surface area contributed by atoms with Crippen LogP contribution in [0.15, 0.2) is 24.4 Å². The molecule has 1 radical (unpaired) electrons. The maximum atomic E-state index is 12.3. The SMILES string of the molecule is N[C@@H]1CCCN(C(=O)c2[c]c(OCc3ccccn3)[nH]n2)C1. The molecule has 0 saturated carbocycles. The molecular formula is C15H18N5O2. The molecule has 1 aliphatic heterocycles. The molecule has 0 spiro atoms. The second-order valence-corrected chi connectivity index (χ2v) is 5.29. The van der Waals surface area contributed by atoms with Crippen LogP contribution in [-0.4, -0.2) is 45.1 Å². The lowest BCUT2D eigenvalue weighted by atomic mass is 10.1. The van der Waals surface area contributed by atoms with E-state index in [0.717, 1.165) is 18.5 Å². The number of aromatic amines is 1. The molecule has 3 heterocycles. The molecule has 0 bridgehead atoms. The average molecular weight is 300 g/mol. The molecule has 0 unspecified atom stereocenters. The minimum atomic E-state index is -0.168. The third-order valence-corrected chi connectivity index (χ3v) is 3.54. The van der Waals surface area contributed by atoms with Gasteiger partial charge in [0, 0.05) is 25.3 Å². The standard InChI is InChI=1S/C15H18N5O2/c16-11-4-3-7-20(9-11)15(21)13-8-14(19-18-13)22-10-12-5-1-2-6-17-12/h1-2,5-6,11H,3-4,7,9-10,16H2,(H,18,19)/t11-/m1/s1. The summed E-state index contributed by atoms with van der Waals surface area (Å²) in [5.41, 5.74) is 6.91. The van der Waals surface area contributed by atoms with Crippen molar-refractivity contribution in [2.45, 2.75) is 25.5 Å². The summed E-state index contributed by atoms with van der Waals surface area (Å²) < 4.78 is 5.50. The van der Waals surface area contributed by atoms with Gasteiger partial charge in [0.05, 0.1) is 11.8 Å². The van der Waals surface area contributed by atoms with Gasteiger partial charge in [0.1, 0.15) is 6.61 Å². The number of amides is 1. The van der Waals surface area contributed by atoms with E-state index in [1.54, 1.807) is 11.1 Å². The van der Waals surface area contributed by atoms with Gasteiger partial charge in [-0.25, -0.2) is 5.10 Å². The summed E-state index contributed by atoms with van der Waals surface area (Å²) in [5, 5.41) is 6.64. The number of likely N-dealkylation sites (tertiary alicyclic amines) is 1. The Labute approximate surface area is 128 Å². The molecule has 1 fully saturated rings. The van der Waals surface area contributed by atoms with Crippen LogP contribution in [0.25, 0.3) is 0 Å². The van der Waals surface area contributed by atoms with Crippen LogP contribution < -0.4 is 10.5 Å². The number of carbonyl (C=O) groups is 1. The van der Waals surface area contributed by atoms with Crippen molar-refractivity contribution in [2.75, 3.05) is 13.1 Å². The van der Waals surface area contributed by atoms with Crippen LogP contribution in [0.2, 0.25) is 0 Å². The summed E-state index contributed by atoms with van der Waals surface area (Å²) in [6, 6.07) is 8.47. The first-order valence-electron chi connectivity index (χ1n) is 7.27. The molecule has 7 nitrogen and oxygen atoms in total. The molecule has 115 valence electrons. The lowest BCUT2D eigenvalue weighted by Crippen LogP contribution is -2.45. The highest BCUT2D eigenvalue weighted by molar-refractivity contribution is 5.92. The Bertz CT molecular complexity index is 628. The van der Waals surface area contributed by atoms with Crippen molar-refractivity contribution in [1.29, 1.82) is 0 Å². The highest BCUT2D eigenvalue weighted by Gasteiger charge is 2.24. The lowest BCUT2D eigenvalue weighted by molar-refractivity contribution is 0.0702. The highest BCUT2D eigenvalue weighted by atomic mass is 16.5. The minimum absolute atomic E-state index is 0.0384. The molecule has 0 aromatic carbocycles. The Balaban J connectivity index is 1.59. The topological polar surface area (TPSA) is 97.1 Å². The van der Waals surface area contributed by atoms with Crippen molar-refractivity contribution in [3.05, 3.63) is 41.9 Å². The number of nitrogens with one attached hydrogen (secondary N) is 1. The zero-order valence-electron chi connectivity index (χ0n) is 12.2. The Morgan fingerprint density at radius 1 is 1.55 bits per heavy atom. The molecule has 2 aromatic rings. The first kappa shape index (κ1) is 14.5. The number of ether oxygens (including phenoxy) is 1. The predicted molar refractivity (Wildman–Crippen MR) is 79.1 cm³/mol. The van der Waals surface area contributed by atoms with Crippen LogP contribution in [-0.2, 0) is 6.61 Å². The fourth-order valence-corrected chi connectivity index (χ4v) is 2.41. The first-order chi connectivity index (χ1) is 10.7. The molecular weight excluding hydrogens is 282 g/mol. The van der Waals surface area contributed by atoms with Gasteiger partial charge in [0.25, 0.3) is 5.91 Å². The smallest absolute Gasteiger partial charge is 0.275 e. The van der Waals surface area contributed by atoms with E-state index in [1.807, 2.05) is 18.2 Å². The van der Waals surface area contributed by atoms with E-state index in [1.165, 1.54) is 0 Å². The molecule has 3 N–H and O–H groups in total.